The van der Waals surface area contributed by atoms with Gasteiger partial charge in [-0.15, -0.1) is 0 Å². The molecule has 0 fully saturated rings. The SMILES string of the molecule is C/C(=N\NC(=S)Nc1ccc(F)cc1)c1ccc2ccccc2c1. The molecule has 3 nitrogen and oxygen atoms in total. The van der Waals surface area contributed by atoms with Gasteiger partial charge < -0.3 is 5.32 Å². The van der Waals surface area contributed by atoms with Crippen LogP contribution in [0.4, 0.5) is 10.1 Å². The molecule has 0 amide bonds. The number of nitrogens with zero attached hydrogens (tertiary/aromatic N) is 1. The van der Waals surface area contributed by atoms with Gasteiger partial charge in [-0.2, -0.15) is 5.10 Å². The van der Waals surface area contributed by atoms with Crippen LogP contribution in [0.5, 0.6) is 0 Å². The average Bonchev–Trinajstić information content (AvgIpc) is 2.61. The molecule has 0 unspecified atom stereocenters. The first-order valence-electron chi connectivity index (χ1n) is 7.48. The van der Waals surface area contributed by atoms with Gasteiger partial charge in [0.05, 0.1) is 5.71 Å². The Morgan fingerprint density at radius 3 is 2.42 bits per heavy atom. The minimum Gasteiger partial charge on any atom is -0.331 e. The highest BCUT2D eigenvalue weighted by molar-refractivity contribution is 7.80. The van der Waals surface area contributed by atoms with E-state index in [1.54, 1.807) is 12.1 Å². The van der Waals surface area contributed by atoms with Gasteiger partial charge in [-0.05, 0) is 65.8 Å². The third-order valence-electron chi connectivity index (χ3n) is 3.59. The summed E-state index contributed by atoms with van der Waals surface area (Å²) in [6.45, 7) is 1.91. The van der Waals surface area contributed by atoms with Gasteiger partial charge in [-0.3, -0.25) is 5.43 Å². The lowest BCUT2D eigenvalue weighted by molar-refractivity contribution is 0.628. The zero-order chi connectivity index (χ0) is 16.9. The maximum Gasteiger partial charge on any atom is 0.191 e. The van der Waals surface area contributed by atoms with E-state index in [9.17, 15) is 4.39 Å². The largest absolute Gasteiger partial charge is 0.331 e. The van der Waals surface area contributed by atoms with Crippen LogP contribution in [0.2, 0.25) is 0 Å². The van der Waals surface area contributed by atoms with E-state index in [1.165, 1.54) is 17.5 Å². The van der Waals surface area contributed by atoms with Crippen LogP contribution in [-0.4, -0.2) is 10.8 Å². The second-order valence-electron chi connectivity index (χ2n) is 5.33. The summed E-state index contributed by atoms with van der Waals surface area (Å²) in [5.41, 5.74) is 5.35. The van der Waals surface area contributed by atoms with E-state index in [0.29, 0.717) is 10.8 Å². The number of hydrogen-bond acceptors (Lipinski definition) is 2. The molecule has 0 spiro atoms. The van der Waals surface area contributed by atoms with Crippen LogP contribution < -0.4 is 10.7 Å². The highest BCUT2D eigenvalue weighted by Crippen LogP contribution is 2.16. The van der Waals surface area contributed by atoms with Crippen molar-refractivity contribution in [2.75, 3.05) is 5.32 Å². The van der Waals surface area contributed by atoms with Crippen molar-refractivity contribution < 1.29 is 4.39 Å². The summed E-state index contributed by atoms with van der Waals surface area (Å²) in [5, 5.41) is 9.96. The molecular formula is C19H16FN3S. The Labute approximate surface area is 145 Å². The maximum atomic E-state index is 12.9. The predicted molar refractivity (Wildman–Crippen MR) is 102 cm³/mol. The lowest BCUT2D eigenvalue weighted by atomic mass is 10.0. The lowest BCUT2D eigenvalue weighted by Gasteiger charge is -2.08. The van der Waals surface area contributed by atoms with E-state index in [4.69, 9.17) is 12.2 Å². The molecule has 3 aromatic rings. The molecule has 0 saturated carbocycles. The van der Waals surface area contributed by atoms with Crippen LogP contribution >= 0.6 is 12.2 Å². The number of rotatable bonds is 3. The standard InChI is InChI=1S/C19H16FN3S/c1-13(15-7-6-14-4-2-3-5-16(14)12-15)22-23-19(24)21-18-10-8-17(20)9-11-18/h2-12H,1H3,(H2,21,23,24)/b22-13+. The molecule has 3 rings (SSSR count). The number of fused-ring (bicyclic) bond motifs is 1. The van der Waals surface area contributed by atoms with Crippen molar-refractivity contribution >= 4 is 39.5 Å². The fraction of sp³-hybridized carbons (Fsp3) is 0.0526. The molecule has 0 atom stereocenters. The normalized spacial score (nSPS) is 11.3. The molecular weight excluding hydrogens is 321 g/mol. The second-order valence-corrected chi connectivity index (χ2v) is 5.74. The molecule has 24 heavy (non-hydrogen) atoms. The zero-order valence-electron chi connectivity index (χ0n) is 13.1. The van der Waals surface area contributed by atoms with Gasteiger partial charge in [0, 0.05) is 5.69 Å². The quantitative estimate of drug-likeness (QED) is 0.413. The summed E-state index contributed by atoms with van der Waals surface area (Å²) in [6.07, 6.45) is 0. The molecule has 2 N–H and O–H groups in total. The van der Waals surface area contributed by atoms with E-state index in [-0.39, 0.29) is 5.82 Å². The van der Waals surface area contributed by atoms with Crippen molar-refractivity contribution in [2.24, 2.45) is 5.10 Å². The molecule has 120 valence electrons. The molecule has 0 aliphatic carbocycles. The summed E-state index contributed by atoms with van der Waals surface area (Å²) in [5.74, 6) is -0.287. The summed E-state index contributed by atoms with van der Waals surface area (Å²) in [7, 11) is 0. The van der Waals surface area contributed by atoms with Gasteiger partial charge in [-0.25, -0.2) is 4.39 Å². The Morgan fingerprint density at radius 2 is 1.67 bits per heavy atom. The predicted octanol–water partition coefficient (Wildman–Crippen LogP) is 4.69. The molecule has 0 aliphatic rings. The van der Waals surface area contributed by atoms with Gasteiger partial charge >= 0.3 is 0 Å². The van der Waals surface area contributed by atoms with Crippen molar-refractivity contribution in [3.8, 4) is 0 Å². The third kappa shape index (κ3) is 3.94. The first kappa shape index (κ1) is 16.1. The zero-order valence-corrected chi connectivity index (χ0v) is 13.9. The van der Waals surface area contributed by atoms with Crippen LogP contribution in [0.1, 0.15) is 12.5 Å². The molecule has 3 aromatic carbocycles. The van der Waals surface area contributed by atoms with Crippen molar-refractivity contribution in [1.82, 2.24) is 5.43 Å². The monoisotopic (exact) mass is 337 g/mol. The summed E-state index contributed by atoms with van der Waals surface area (Å²) < 4.78 is 12.9. The first-order valence-corrected chi connectivity index (χ1v) is 7.89. The Kier molecular flexibility index (Phi) is 4.82. The van der Waals surface area contributed by atoms with E-state index < -0.39 is 0 Å². The number of nitrogens with one attached hydrogen (secondary N) is 2. The maximum absolute atomic E-state index is 12.9. The van der Waals surface area contributed by atoms with Crippen molar-refractivity contribution in [2.45, 2.75) is 6.92 Å². The number of halogens is 1. The van der Waals surface area contributed by atoms with E-state index in [1.807, 2.05) is 25.1 Å². The Morgan fingerprint density at radius 1 is 0.958 bits per heavy atom. The number of benzene rings is 3. The summed E-state index contributed by atoms with van der Waals surface area (Å²) in [4.78, 5) is 0. The van der Waals surface area contributed by atoms with Crippen molar-refractivity contribution in [1.29, 1.82) is 0 Å². The number of anilines is 1. The molecule has 0 aromatic heterocycles. The molecule has 0 radical (unpaired) electrons. The third-order valence-corrected chi connectivity index (χ3v) is 3.79. The first-order chi connectivity index (χ1) is 11.6. The smallest absolute Gasteiger partial charge is 0.191 e. The molecule has 5 heteroatoms. The van der Waals surface area contributed by atoms with Gasteiger partial charge in [0.2, 0.25) is 0 Å². The van der Waals surface area contributed by atoms with E-state index in [2.05, 4.69) is 40.1 Å². The molecule has 0 aliphatic heterocycles. The number of thiocarbonyl (C=S) groups is 1. The van der Waals surface area contributed by atoms with Gasteiger partial charge in [0.15, 0.2) is 5.11 Å². The molecule has 0 heterocycles. The van der Waals surface area contributed by atoms with Crippen molar-refractivity contribution in [3.63, 3.8) is 0 Å². The Bertz CT molecular complexity index is 904. The Balaban J connectivity index is 1.68. The van der Waals surface area contributed by atoms with Crippen LogP contribution in [0.25, 0.3) is 10.8 Å². The van der Waals surface area contributed by atoms with Crippen LogP contribution in [-0.2, 0) is 0 Å². The summed E-state index contributed by atoms with van der Waals surface area (Å²) >= 11 is 5.19. The van der Waals surface area contributed by atoms with Gasteiger partial charge in [0.25, 0.3) is 0 Å². The average molecular weight is 337 g/mol. The fourth-order valence-corrected chi connectivity index (χ4v) is 2.47. The fourth-order valence-electron chi connectivity index (χ4n) is 2.31. The highest BCUT2D eigenvalue weighted by atomic mass is 32.1. The van der Waals surface area contributed by atoms with Gasteiger partial charge in [0.1, 0.15) is 5.82 Å². The topological polar surface area (TPSA) is 36.4 Å². The second kappa shape index (κ2) is 7.19. The van der Waals surface area contributed by atoms with Crippen molar-refractivity contribution in [3.05, 3.63) is 78.1 Å². The van der Waals surface area contributed by atoms with E-state index >= 15 is 0 Å². The van der Waals surface area contributed by atoms with E-state index in [0.717, 1.165) is 16.7 Å². The molecule has 0 saturated heterocycles. The Hall–Kier alpha value is -2.79. The lowest BCUT2D eigenvalue weighted by Crippen LogP contribution is -2.24. The summed E-state index contributed by atoms with van der Waals surface area (Å²) in [6, 6.07) is 20.3. The minimum absolute atomic E-state index is 0.287. The van der Waals surface area contributed by atoms with Crippen LogP contribution in [0.3, 0.4) is 0 Å². The van der Waals surface area contributed by atoms with Gasteiger partial charge in [-0.1, -0.05) is 36.4 Å². The number of hydrazone groups is 1. The highest BCUT2D eigenvalue weighted by Gasteiger charge is 2.01. The van der Waals surface area contributed by atoms with Crippen LogP contribution in [0, 0.1) is 5.82 Å². The van der Waals surface area contributed by atoms with Crippen LogP contribution in [0.15, 0.2) is 71.8 Å². The molecule has 0 bridgehead atoms. The minimum atomic E-state index is -0.287. The number of hydrogen-bond donors (Lipinski definition) is 2.